The third kappa shape index (κ3) is 2.13. The summed E-state index contributed by atoms with van der Waals surface area (Å²) in [5.74, 6) is 0.884. The number of ketones is 1. The van der Waals surface area contributed by atoms with Crippen LogP contribution in [0.15, 0.2) is 30.9 Å². The van der Waals surface area contributed by atoms with Crippen LogP contribution in [-0.2, 0) is 13.0 Å². The van der Waals surface area contributed by atoms with Gasteiger partial charge in [0.2, 0.25) is 5.78 Å². The van der Waals surface area contributed by atoms with Gasteiger partial charge in [-0.1, -0.05) is 0 Å². The van der Waals surface area contributed by atoms with Crippen molar-refractivity contribution in [3.63, 3.8) is 0 Å². The molecule has 0 aliphatic carbocycles. The zero-order valence-corrected chi connectivity index (χ0v) is 9.00. The topological polar surface area (TPSA) is 60.7 Å². The lowest BCUT2D eigenvalue weighted by atomic mass is 10.2. The van der Waals surface area contributed by atoms with Crippen LogP contribution in [0.3, 0.4) is 0 Å². The van der Waals surface area contributed by atoms with Crippen molar-refractivity contribution < 1.29 is 4.79 Å². The molecule has 0 unspecified atom stereocenters. The van der Waals surface area contributed by atoms with E-state index in [0.29, 0.717) is 0 Å². The molecule has 0 fully saturated rings. The Balaban J connectivity index is 2.14. The first-order valence-corrected chi connectivity index (χ1v) is 5.11. The number of imidazole rings is 1. The molecule has 0 radical (unpaired) electrons. The van der Waals surface area contributed by atoms with E-state index < -0.39 is 0 Å². The number of Topliss-reactive ketones (excluding diaryl/α,β-unsaturated/α-hetero) is 1. The molecule has 2 rings (SSSR count). The lowest BCUT2D eigenvalue weighted by Gasteiger charge is -2.02. The van der Waals surface area contributed by atoms with E-state index in [0.717, 1.165) is 12.4 Å². The van der Waals surface area contributed by atoms with Gasteiger partial charge in [-0.3, -0.25) is 4.79 Å². The largest absolute Gasteiger partial charge is 0.335 e. The summed E-state index contributed by atoms with van der Waals surface area (Å²) in [5, 5.41) is 0. The molecule has 0 N–H and O–H groups in total. The second-order valence-electron chi connectivity index (χ2n) is 3.30. The fourth-order valence-electron chi connectivity index (χ4n) is 1.46. The standard InChI is InChI=1S/C11H12N4O/c1-2-15-7-6-12-10(15)8-9(16)11-13-4-3-5-14-11/h3-7H,2,8H2,1H3. The van der Waals surface area contributed by atoms with Crippen molar-refractivity contribution in [2.45, 2.75) is 19.9 Å². The molecule has 0 saturated heterocycles. The summed E-state index contributed by atoms with van der Waals surface area (Å²) in [6, 6.07) is 1.68. The molecule has 5 nitrogen and oxygen atoms in total. The van der Waals surface area contributed by atoms with Crippen LogP contribution in [0, 0.1) is 0 Å². The molecule has 2 heterocycles. The molecule has 0 amide bonds. The number of aromatic nitrogens is 4. The summed E-state index contributed by atoms with van der Waals surface area (Å²) in [6.07, 6.45) is 6.91. The smallest absolute Gasteiger partial charge is 0.207 e. The third-order valence-electron chi connectivity index (χ3n) is 2.28. The maximum Gasteiger partial charge on any atom is 0.207 e. The van der Waals surface area contributed by atoms with Crippen LogP contribution in [0.5, 0.6) is 0 Å². The van der Waals surface area contributed by atoms with Gasteiger partial charge in [-0.05, 0) is 13.0 Å². The molecule has 0 atom stereocenters. The Morgan fingerprint density at radius 2 is 2.00 bits per heavy atom. The van der Waals surface area contributed by atoms with Gasteiger partial charge in [0.05, 0.1) is 6.42 Å². The Kier molecular flexibility index (Phi) is 3.05. The summed E-state index contributed by atoms with van der Waals surface area (Å²) in [4.78, 5) is 23.8. The first-order chi connectivity index (χ1) is 7.81. The summed E-state index contributed by atoms with van der Waals surface area (Å²) >= 11 is 0. The maximum atomic E-state index is 11.8. The van der Waals surface area contributed by atoms with Crippen molar-refractivity contribution in [2.24, 2.45) is 0 Å². The van der Waals surface area contributed by atoms with Crippen LogP contribution in [0.4, 0.5) is 0 Å². The van der Waals surface area contributed by atoms with E-state index in [-0.39, 0.29) is 18.0 Å². The number of hydrogen-bond acceptors (Lipinski definition) is 4. The van der Waals surface area contributed by atoms with Gasteiger partial charge in [-0.2, -0.15) is 0 Å². The fourth-order valence-corrected chi connectivity index (χ4v) is 1.46. The Morgan fingerprint density at radius 1 is 1.25 bits per heavy atom. The molecule has 82 valence electrons. The van der Waals surface area contributed by atoms with Crippen LogP contribution in [0.2, 0.25) is 0 Å². The average Bonchev–Trinajstić information content (AvgIpc) is 2.77. The highest BCUT2D eigenvalue weighted by molar-refractivity contribution is 5.93. The number of carbonyl (C=O) groups is 1. The SMILES string of the molecule is CCn1ccnc1CC(=O)c1ncccn1. The Hall–Kier alpha value is -2.04. The van der Waals surface area contributed by atoms with Crippen molar-refractivity contribution in [3.8, 4) is 0 Å². The molecule has 0 aliphatic heterocycles. The van der Waals surface area contributed by atoms with Crippen LogP contribution in [-0.4, -0.2) is 25.3 Å². The molecule has 0 aromatic carbocycles. The molecule has 0 spiro atoms. The molecule has 16 heavy (non-hydrogen) atoms. The van der Waals surface area contributed by atoms with Gasteiger partial charge in [0.15, 0.2) is 5.82 Å². The summed E-state index contributed by atoms with van der Waals surface area (Å²) in [7, 11) is 0. The minimum atomic E-state index is -0.110. The van der Waals surface area contributed by atoms with Crippen LogP contribution in [0.25, 0.3) is 0 Å². The molecular weight excluding hydrogens is 204 g/mol. The van der Waals surface area contributed by atoms with E-state index in [4.69, 9.17) is 0 Å². The molecular formula is C11H12N4O. The van der Waals surface area contributed by atoms with Crippen molar-refractivity contribution >= 4 is 5.78 Å². The molecule has 2 aromatic rings. The van der Waals surface area contributed by atoms with Crippen LogP contribution < -0.4 is 0 Å². The number of nitrogens with zero attached hydrogens (tertiary/aromatic N) is 4. The van der Waals surface area contributed by atoms with Gasteiger partial charge in [0.25, 0.3) is 0 Å². The predicted molar refractivity (Wildman–Crippen MR) is 58.0 cm³/mol. The normalized spacial score (nSPS) is 10.3. The van der Waals surface area contributed by atoms with Crippen LogP contribution in [0.1, 0.15) is 23.4 Å². The minimum Gasteiger partial charge on any atom is -0.335 e. The molecule has 2 aromatic heterocycles. The Labute approximate surface area is 93.2 Å². The second-order valence-corrected chi connectivity index (χ2v) is 3.30. The second kappa shape index (κ2) is 4.65. The van der Waals surface area contributed by atoms with Gasteiger partial charge >= 0.3 is 0 Å². The first-order valence-electron chi connectivity index (χ1n) is 5.11. The number of aryl methyl sites for hydroxylation is 1. The molecule has 0 saturated carbocycles. The first kappa shape index (κ1) is 10.5. The Morgan fingerprint density at radius 3 is 2.69 bits per heavy atom. The van der Waals surface area contributed by atoms with Gasteiger partial charge in [0, 0.05) is 31.3 Å². The highest BCUT2D eigenvalue weighted by Gasteiger charge is 2.12. The quantitative estimate of drug-likeness (QED) is 0.718. The summed E-state index contributed by atoms with van der Waals surface area (Å²) < 4.78 is 1.93. The van der Waals surface area contributed by atoms with E-state index in [9.17, 15) is 4.79 Å². The van der Waals surface area contributed by atoms with Crippen LogP contribution >= 0.6 is 0 Å². The number of hydrogen-bond donors (Lipinski definition) is 0. The number of rotatable bonds is 4. The zero-order chi connectivity index (χ0) is 11.4. The van der Waals surface area contributed by atoms with Gasteiger partial charge in [-0.15, -0.1) is 0 Å². The highest BCUT2D eigenvalue weighted by atomic mass is 16.1. The van der Waals surface area contributed by atoms with E-state index >= 15 is 0 Å². The maximum absolute atomic E-state index is 11.8. The molecule has 5 heteroatoms. The lowest BCUT2D eigenvalue weighted by molar-refractivity contribution is 0.0979. The van der Waals surface area contributed by atoms with Gasteiger partial charge in [-0.25, -0.2) is 15.0 Å². The summed E-state index contributed by atoms with van der Waals surface area (Å²) in [5.41, 5.74) is 0. The number of carbonyl (C=O) groups excluding carboxylic acids is 1. The van der Waals surface area contributed by atoms with Crippen molar-refractivity contribution in [1.82, 2.24) is 19.5 Å². The predicted octanol–water partition coefficient (Wildman–Crippen LogP) is 1.12. The van der Waals surface area contributed by atoms with Crippen molar-refractivity contribution in [1.29, 1.82) is 0 Å². The van der Waals surface area contributed by atoms with E-state index in [1.54, 1.807) is 24.7 Å². The van der Waals surface area contributed by atoms with E-state index in [1.165, 1.54) is 0 Å². The van der Waals surface area contributed by atoms with E-state index in [2.05, 4.69) is 15.0 Å². The zero-order valence-electron chi connectivity index (χ0n) is 9.00. The van der Waals surface area contributed by atoms with Crippen molar-refractivity contribution in [3.05, 3.63) is 42.5 Å². The van der Waals surface area contributed by atoms with Gasteiger partial charge in [0.1, 0.15) is 5.82 Å². The lowest BCUT2D eigenvalue weighted by Crippen LogP contribution is -2.12. The molecule has 0 aliphatic rings. The van der Waals surface area contributed by atoms with Gasteiger partial charge < -0.3 is 4.57 Å². The minimum absolute atomic E-state index is 0.110. The summed E-state index contributed by atoms with van der Waals surface area (Å²) in [6.45, 7) is 2.81. The fraction of sp³-hybridized carbons (Fsp3) is 0.273. The molecule has 0 bridgehead atoms. The average molecular weight is 216 g/mol. The highest BCUT2D eigenvalue weighted by Crippen LogP contribution is 2.02. The van der Waals surface area contributed by atoms with E-state index in [1.807, 2.05) is 17.7 Å². The van der Waals surface area contributed by atoms with Crippen molar-refractivity contribution in [2.75, 3.05) is 0 Å². The monoisotopic (exact) mass is 216 g/mol. The Bertz CT molecular complexity index is 478. The third-order valence-corrected chi connectivity index (χ3v) is 2.28.